The number of hydrogen-bond acceptors (Lipinski definition) is 5. The fraction of sp³-hybridized carbons (Fsp3) is 0. The highest BCUT2D eigenvalue weighted by atomic mass is 35.5. The molecular weight excluding hydrogens is 338 g/mol. The monoisotopic (exact) mass is 347 g/mol. The Morgan fingerprint density at radius 2 is 1.91 bits per heavy atom. The van der Waals surface area contributed by atoms with E-state index >= 15 is 0 Å². The first kappa shape index (κ1) is 15.3. The van der Waals surface area contributed by atoms with Crippen LogP contribution in [0.25, 0.3) is 11.3 Å². The molecule has 0 spiro atoms. The second kappa shape index (κ2) is 6.64. The number of halogens is 1. The zero-order valence-corrected chi connectivity index (χ0v) is 13.1. The lowest BCUT2D eigenvalue weighted by Gasteiger charge is -2.03. The van der Waals surface area contributed by atoms with Gasteiger partial charge in [0.2, 0.25) is 0 Å². The van der Waals surface area contributed by atoms with Crippen LogP contribution in [0.3, 0.4) is 0 Å². The maximum Gasteiger partial charge on any atom is 0.291 e. The van der Waals surface area contributed by atoms with Crippen molar-refractivity contribution in [3.8, 4) is 11.3 Å². The molecule has 3 aromatic rings. The van der Waals surface area contributed by atoms with Crippen molar-refractivity contribution < 1.29 is 14.1 Å². The van der Waals surface area contributed by atoms with Crippen LogP contribution in [0, 0.1) is 0 Å². The Balaban J connectivity index is 1.66. The van der Waals surface area contributed by atoms with Crippen LogP contribution in [-0.2, 0) is 0 Å². The minimum atomic E-state index is -0.577. The van der Waals surface area contributed by atoms with Crippen molar-refractivity contribution in [2.24, 2.45) is 0 Å². The summed E-state index contributed by atoms with van der Waals surface area (Å²) in [4.78, 5) is 24.2. The number of hydrogen-bond donors (Lipinski definition) is 2. The highest BCUT2D eigenvalue weighted by Gasteiger charge is 2.15. The Labute approximate surface area is 140 Å². The molecule has 0 bridgehead atoms. The van der Waals surface area contributed by atoms with E-state index in [1.54, 1.807) is 41.8 Å². The van der Waals surface area contributed by atoms with Crippen LogP contribution in [-0.4, -0.2) is 17.0 Å². The molecule has 0 saturated heterocycles. The average molecular weight is 348 g/mol. The molecule has 1 aromatic carbocycles. The molecule has 0 aliphatic carbocycles. The van der Waals surface area contributed by atoms with Gasteiger partial charge < -0.3 is 4.52 Å². The summed E-state index contributed by atoms with van der Waals surface area (Å²) in [5.74, 6) is -0.568. The van der Waals surface area contributed by atoms with E-state index in [1.807, 2.05) is 0 Å². The number of thiophene rings is 1. The number of aromatic nitrogens is 1. The first-order valence-corrected chi connectivity index (χ1v) is 7.76. The second-order valence-corrected chi connectivity index (χ2v) is 5.86. The van der Waals surface area contributed by atoms with Gasteiger partial charge in [-0.25, -0.2) is 0 Å². The molecule has 2 N–H and O–H groups in total. The second-order valence-electron chi connectivity index (χ2n) is 4.47. The third-order valence-electron chi connectivity index (χ3n) is 2.89. The number of carbonyl (C=O) groups is 2. The lowest BCUT2D eigenvalue weighted by molar-refractivity contribution is 0.0843. The molecule has 8 heteroatoms. The molecule has 23 heavy (non-hydrogen) atoms. The van der Waals surface area contributed by atoms with E-state index in [0.717, 1.165) is 0 Å². The van der Waals surface area contributed by atoms with Crippen molar-refractivity contribution in [1.29, 1.82) is 0 Å². The fourth-order valence-electron chi connectivity index (χ4n) is 1.81. The summed E-state index contributed by atoms with van der Waals surface area (Å²) < 4.78 is 5.13. The quantitative estimate of drug-likeness (QED) is 0.713. The molecule has 2 amide bonds. The standard InChI is InChI=1S/C15H10ClN3O3S/c16-10-4-1-3-9(7-10)12-8-11(19-22-12)14(20)17-18-15(21)13-5-2-6-23-13/h1-8H,(H,17,20)(H,18,21). The summed E-state index contributed by atoms with van der Waals surface area (Å²) in [5, 5.41) is 6.00. The Kier molecular flexibility index (Phi) is 4.40. The van der Waals surface area contributed by atoms with Gasteiger partial charge in [-0.1, -0.05) is 35.0 Å². The van der Waals surface area contributed by atoms with Crippen LogP contribution < -0.4 is 10.9 Å². The van der Waals surface area contributed by atoms with Crippen LogP contribution >= 0.6 is 22.9 Å². The van der Waals surface area contributed by atoms with Crippen LogP contribution in [0.5, 0.6) is 0 Å². The SMILES string of the molecule is O=C(NNC(=O)c1cccs1)c1cc(-c2cccc(Cl)c2)on1. The first-order chi connectivity index (χ1) is 11.1. The Morgan fingerprint density at radius 1 is 1.09 bits per heavy atom. The van der Waals surface area contributed by atoms with Crippen molar-refractivity contribution in [1.82, 2.24) is 16.0 Å². The fourth-order valence-corrected chi connectivity index (χ4v) is 2.62. The van der Waals surface area contributed by atoms with Crippen LogP contribution in [0.1, 0.15) is 20.2 Å². The van der Waals surface area contributed by atoms with E-state index in [4.69, 9.17) is 16.1 Å². The summed E-state index contributed by atoms with van der Waals surface area (Å²) in [6.07, 6.45) is 0. The van der Waals surface area contributed by atoms with Gasteiger partial charge in [-0.05, 0) is 23.6 Å². The van der Waals surface area contributed by atoms with Crippen molar-refractivity contribution in [2.45, 2.75) is 0 Å². The van der Waals surface area contributed by atoms with Gasteiger partial charge in [-0.15, -0.1) is 11.3 Å². The summed E-state index contributed by atoms with van der Waals surface area (Å²) in [5.41, 5.74) is 5.34. The number of carbonyl (C=O) groups excluding carboxylic acids is 2. The number of rotatable bonds is 3. The van der Waals surface area contributed by atoms with Crippen molar-refractivity contribution in [3.63, 3.8) is 0 Å². The molecule has 0 atom stereocenters. The minimum Gasteiger partial charge on any atom is -0.355 e. The Hall–Kier alpha value is -2.64. The Bertz CT molecular complexity index is 845. The zero-order valence-electron chi connectivity index (χ0n) is 11.6. The lowest BCUT2D eigenvalue weighted by atomic mass is 10.1. The average Bonchev–Trinajstić information content (AvgIpc) is 3.23. The molecular formula is C15H10ClN3O3S. The van der Waals surface area contributed by atoms with E-state index in [-0.39, 0.29) is 5.69 Å². The summed E-state index contributed by atoms with van der Waals surface area (Å²) >= 11 is 7.18. The van der Waals surface area contributed by atoms with Crippen molar-refractivity contribution in [3.05, 3.63) is 63.4 Å². The van der Waals surface area contributed by atoms with Crippen molar-refractivity contribution >= 4 is 34.8 Å². The van der Waals surface area contributed by atoms with Gasteiger partial charge in [0.25, 0.3) is 11.8 Å². The third kappa shape index (κ3) is 3.58. The molecule has 0 fully saturated rings. The predicted molar refractivity (Wildman–Crippen MR) is 86.2 cm³/mol. The molecule has 0 saturated carbocycles. The van der Waals surface area contributed by atoms with Crippen molar-refractivity contribution in [2.75, 3.05) is 0 Å². The van der Waals surface area contributed by atoms with E-state index < -0.39 is 11.8 Å². The molecule has 2 heterocycles. The predicted octanol–water partition coefficient (Wildman–Crippen LogP) is 3.13. The number of benzene rings is 1. The molecule has 0 aliphatic heterocycles. The van der Waals surface area contributed by atoms with E-state index in [0.29, 0.717) is 21.2 Å². The van der Waals surface area contributed by atoms with E-state index in [9.17, 15) is 9.59 Å². The van der Waals surface area contributed by atoms with Gasteiger partial charge in [-0.3, -0.25) is 20.4 Å². The zero-order chi connectivity index (χ0) is 16.2. The molecule has 116 valence electrons. The number of hydrazine groups is 1. The van der Waals surface area contributed by atoms with Gasteiger partial charge in [0, 0.05) is 16.7 Å². The van der Waals surface area contributed by atoms with Crippen LogP contribution in [0.15, 0.2) is 52.4 Å². The van der Waals surface area contributed by atoms with Gasteiger partial charge in [0.05, 0.1) is 4.88 Å². The maximum atomic E-state index is 12.0. The minimum absolute atomic E-state index is 0.0476. The summed E-state index contributed by atoms with van der Waals surface area (Å²) in [6, 6.07) is 11.8. The lowest BCUT2D eigenvalue weighted by Crippen LogP contribution is -2.41. The molecule has 0 aliphatic rings. The number of nitrogens with zero attached hydrogens (tertiary/aromatic N) is 1. The molecule has 3 rings (SSSR count). The molecule has 2 aromatic heterocycles. The maximum absolute atomic E-state index is 12.0. The first-order valence-electron chi connectivity index (χ1n) is 6.50. The molecule has 0 unspecified atom stereocenters. The smallest absolute Gasteiger partial charge is 0.291 e. The highest BCUT2D eigenvalue weighted by molar-refractivity contribution is 7.12. The summed E-state index contributed by atoms with van der Waals surface area (Å²) in [7, 11) is 0. The van der Waals surface area contributed by atoms with E-state index in [1.165, 1.54) is 17.4 Å². The molecule has 6 nitrogen and oxygen atoms in total. The number of nitrogens with one attached hydrogen (secondary N) is 2. The summed E-state index contributed by atoms with van der Waals surface area (Å²) in [6.45, 7) is 0. The van der Waals surface area contributed by atoms with Gasteiger partial charge in [0.15, 0.2) is 11.5 Å². The van der Waals surface area contributed by atoms with Gasteiger partial charge in [-0.2, -0.15) is 0 Å². The third-order valence-corrected chi connectivity index (χ3v) is 3.99. The molecule has 0 radical (unpaired) electrons. The normalized spacial score (nSPS) is 10.3. The Morgan fingerprint density at radius 3 is 2.65 bits per heavy atom. The van der Waals surface area contributed by atoms with Gasteiger partial charge >= 0.3 is 0 Å². The van der Waals surface area contributed by atoms with Gasteiger partial charge in [0.1, 0.15) is 0 Å². The largest absolute Gasteiger partial charge is 0.355 e. The van der Waals surface area contributed by atoms with Crippen LogP contribution in [0.2, 0.25) is 5.02 Å². The number of amides is 2. The van der Waals surface area contributed by atoms with Crippen LogP contribution in [0.4, 0.5) is 0 Å². The van der Waals surface area contributed by atoms with E-state index in [2.05, 4.69) is 16.0 Å². The topological polar surface area (TPSA) is 84.2 Å². The highest BCUT2D eigenvalue weighted by Crippen LogP contribution is 2.23.